The van der Waals surface area contributed by atoms with Gasteiger partial charge in [0.05, 0.1) is 11.6 Å². The third-order valence-corrected chi connectivity index (χ3v) is 6.16. The van der Waals surface area contributed by atoms with E-state index in [4.69, 9.17) is 16.2 Å². The van der Waals surface area contributed by atoms with Gasteiger partial charge in [-0.05, 0) is 45.2 Å². The minimum Gasteiger partial charge on any atom is -0.456 e. The van der Waals surface area contributed by atoms with Crippen LogP contribution >= 0.6 is 11.3 Å². The van der Waals surface area contributed by atoms with E-state index in [2.05, 4.69) is 36.1 Å². The molecule has 3 rings (SSSR count). The summed E-state index contributed by atoms with van der Waals surface area (Å²) in [6, 6.07) is 10.7. The first kappa shape index (κ1) is 19.9. The van der Waals surface area contributed by atoms with Gasteiger partial charge in [0, 0.05) is 24.0 Å². The van der Waals surface area contributed by atoms with E-state index in [-0.39, 0.29) is 18.1 Å². The molecule has 1 aromatic heterocycles. The summed E-state index contributed by atoms with van der Waals surface area (Å²) >= 11 is 1.48. The Morgan fingerprint density at radius 2 is 2.00 bits per heavy atom. The Bertz CT molecular complexity index is 811. The van der Waals surface area contributed by atoms with Crippen LogP contribution in [0, 0.1) is 0 Å². The average molecular weight is 388 g/mol. The fraction of sp³-hybridized carbons (Fsp3) is 0.476. The van der Waals surface area contributed by atoms with Crippen LogP contribution < -0.4 is 11.5 Å². The zero-order chi connectivity index (χ0) is 19.8. The highest BCUT2D eigenvalue weighted by Gasteiger charge is 2.36. The standard InChI is InChI=1S/C21H29N3O2S/c1-13(14-8-6-5-7-9-14)24-11-10-15-17(20(25)26-21(2,3)4)19(23)27-18(15)16(24)12-22/h5-9,13,16H,10-12,22-23H2,1-4H3. The maximum absolute atomic E-state index is 12.7. The van der Waals surface area contributed by atoms with Crippen molar-refractivity contribution in [3.63, 3.8) is 0 Å². The van der Waals surface area contributed by atoms with Gasteiger partial charge in [0.25, 0.3) is 0 Å². The SMILES string of the molecule is CC(c1ccccc1)N1CCc2c(sc(N)c2C(=O)OC(C)(C)C)C1CN. The van der Waals surface area contributed by atoms with Crippen LogP contribution in [0.5, 0.6) is 0 Å². The minimum absolute atomic E-state index is 0.0486. The molecule has 0 radical (unpaired) electrons. The second kappa shape index (κ2) is 7.62. The molecule has 2 atom stereocenters. The lowest BCUT2D eigenvalue weighted by Crippen LogP contribution is -2.40. The summed E-state index contributed by atoms with van der Waals surface area (Å²) in [5.41, 5.74) is 14.7. The van der Waals surface area contributed by atoms with E-state index in [1.807, 2.05) is 26.8 Å². The molecule has 6 heteroatoms. The highest BCUT2D eigenvalue weighted by Crippen LogP contribution is 2.44. The summed E-state index contributed by atoms with van der Waals surface area (Å²) in [5, 5.41) is 0.530. The minimum atomic E-state index is -0.547. The van der Waals surface area contributed by atoms with Crippen molar-refractivity contribution in [2.24, 2.45) is 5.73 Å². The highest BCUT2D eigenvalue weighted by atomic mass is 32.1. The van der Waals surface area contributed by atoms with Gasteiger partial charge >= 0.3 is 5.97 Å². The Kier molecular flexibility index (Phi) is 5.60. The molecule has 0 fully saturated rings. The number of nitrogen functional groups attached to an aromatic ring is 1. The molecule has 1 aromatic carbocycles. The van der Waals surface area contributed by atoms with Crippen LogP contribution in [-0.4, -0.2) is 29.6 Å². The largest absolute Gasteiger partial charge is 0.456 e. The Hall–Kier alpha value is -1.89. The van der Waals surface area contributed by atoms with E-state index in [1.54, 1.807) is 0 Å². The van der Waals surface area contributed by atoms with Crippen molar-refractivity contribution in [1.29, 1.82) is 0 Å². The molecule has 2 unspecified atom stereocenters. The van der Waals surface area contributed by atoms with Crippen molar-refractivity contribution >= 4 is 22.3 Å². The number of rotatable bonds is 4. The number of thiophene rings is 1. The zero-order valence-electron chi connectivity index (χ0n) is 16.5. The number of fused-ring (bicyclic) bond motifs is 1. The predicted octanol–water partition coefficient (Wildman–Crippen LogP) is 3.90. The van der Waals surface area contributed by atoms with Gasteiger partial charge in [-0.15, -0.1) is 11.3 Å². The van der Waals surface area contributed by atoms with Crippen LogP contribution in [-0.2, 0) is 11.2 Å². The lowest BCUT2D eigenvalue weighted by atomic mass is 9.94. The van der Waals surface area contributed by atoms with Crippen LogP contribution in [0.4, 0.5) is 5.00 Å². The van der Waals surface area contributed by atoms with Crippen LogP contribution in [0.3, 0.4) is 0 Å². The van der Waals surface area contributed by atoms with Gasteiger partial charge < -0.3 is 16.2 Å². The molecule has 2 heterocycles. The first-order valence-corrected chi connectivity index (χ1v) is 10.2. The smallest absolute Gasteiger partial charge is 0.341 e. The molecule has 0 amide bonds. The maximum Gasteiger partial charge on any atom is 0.341 e. The van der Waals surface area contributed by atoms with E-state index >= 15 is 0 Å². The topological polar surface area (TPSA) is 81.6 Å². The van der Waals surface area contributed by atoms with Gasteiger partial charge in [0.15, 0.2) is 0 Å². The van der Waals surface area contributed by atoms with Gasteiger partial charge in [0.1, 0.15) is 10.6 Å². The number of hydrogen-bond donors (Lipinski definition) is 2. The van der Waals surface area contributed by atoms with Gasteiger partial charge in [-0.25, -0.2) is 4.79 Å². The Balaban J connectivity index is 1.93. The van der Waals surface area contributed by atoms with Crippen molar-refractivity contribution in [1.82, 2.24) is 4.90 Å². The molecule has 4 N–H and O–H groups in total. The molecule has 5 nitrogen and oxygen atoms in total. The van der Waals surface area contributed by atoms with Crippen LogP contribution in [0.1, 0.15) is 66.1 Å². The lowest BCUT2D eigenvalue weighted by Gasteiger charge is -2.39. The van der Waals surface area contributed by atoms with Crippen molar-refractivity contribution < 1.29 is 9.53 Å². The number of carbonyl (C=O) groups is 1. The molecule has 1 aliphatic heterocycles. The molecule has 0 spiro atoms. The van der Waals surface area contributed by atoms with Crippen LogP contribution in [0.2, 0.25) is 0 Å². The molecule has 27 heavy (non-hydrogen) atoms. The molecule has 0 aliphatic carbocycles. The molecule has 0 saturated heterocycles. The van der Waals surface area contributed by atoms with E-state index in [0.717, 1.165) is 23.4 Å². The number of nitrogens with zero attached hydrogens (tertiary/aromatic N) is 1. The van der Waals surface area contributed by atoms with E-state index < -0.39 is 5.60 Å². The van der Waals surface area contributed by atoms with Crippen molar-refractivity contribution in [3.05, 3.63) is 51.9 Å². The molecular formula is C21H29N3O2S. The normalized spacial score (nSPS) is 18.8. The first-order chi connectivity index (χ1) is 12.7. The quantitative estimate of drug-likeness (QED) is 0.778. The molecule has 146 valence electrons. The summed E-state index contributed by atoms with van der Waals surface area (Å²) < 4.78 is 5.58. The number of carbonyl (C=O) groups excluding carboxylic acids is 1. The number of esters is 1. The number of benzene rings is 1. The monoisotopic (exact) mass is 387 g/mol. The predicted molar refractivity (Wildman–Crippen MR) is 111 cm³/mol. The van der Waals surface area contributed by atoms with Gasteiger partial charge in [0.2, 0.25) is 0 Å². The zero-order valence-corrected chi connectivity index (χ0v) is 17.3. The van der Waals surface area contributed by atoms with Crippen molar-refractivity contribution in [3.8, 4) is 0 Å². The summed E-state index contributed by atoms with van der Waals surface area (Å²) in [7, 11) is 0. The van der Waals surface area contributed by atoms with E-state index in [1.165, 1.54) is 16.9 Å². The maximum atomic E-state index is 12.7. The highest BCUT2D eigenvalue weighted by molar-refractivity contribution is 7.16. The Morgan fingerprint density at radius 3 is 2.59 bits per heavy atom. The molecule has 0 bridgehead atoms. The van der Waals surface area contributed by atoms with Crippen LogP contribution in [0.25, 0.3) is 0 Å². The molecule has 1 aliphatic rings. The summed E-state index contributed by atoms with van der Waals surface area (Å²) in [5.74, 6) is -0.335. The van der Waals surface area contributed by atoms with Crippen LogP contribution in [0.15, 0.2) is 30.3 Å². The fourth-order valence-corrected chi connectivity index (χ4v) is 4.99. The van der Waals surface area contributed by atoms with Gasteiger partial charge in [-0.3, -0.25) is 4.90 Å². The molecule has 0 saturated carbocycles. The number of hydrogen-bond acceptors (Lipinski definition) is 6. The third-order valence-electron chi connectivity index (χ3n) is 4.99. The fourth-order valence-electron chi connectivity index (χ4n) is 3.75. The second-order valence-electron chi connectivity index (χ2n) is 8.01. The van der Waals surface area contributed by atoms with Crippen molar-refractivity contribution in [2.45, 2.75) is 51.8 Å². The summed E-state index contributed by atoms with van der Waals surface area (Å²) in [4.78, 5) is 16.2. The van der Waals surface area contributed by atoms with Gasteiger partial charge in [-0.1, -0.05) is 30.3 Å². The average Bonchev–Trinajstić information content (AvgIpc) is 2.95. The van der Waals surface area contributed by atoms with E-state index in [0.29, 0.717) is 17.1 Å². The number of anilines is 1. The third kappa shape index (κ3) is 4.03. The Labute approximate surface area is 165 Å². The van der Waals surface area contributed by atoms with E-state index in [9.17, 15) is 4.79 Å². The second-order valence-corrected chi connectivity index (χ2v) is 9.10. The van der Waals surface area contributed by atoms with Gasteiger partial charge in [-0.2, -0.15) is 0 Å². The summed E-state index contributed by atoms with van der Waals surface area (Å²) in [6.45, 7) is 9.12. The molecule has 2 aromatic rings. The Morgan fingerprint density at radius 1 is 1.33 bits per heavy atom. The summed E-state index contributed by atoms with van der Waals surface area (Å²) in [6.07, 6.45) is 0.769. The van der Waals surface area contributed by atoms with Crippen molar-refractivity contribution in [2.75, 3.05) is 18.8 Å². The lowest BCUT2D eigenvalue weighted by molar-refractivity contribution is 0.00691. The number of nitrogens with two attached hydrogens (primary N) is 2. The molecular weight excluding hydrogens is 358 g/mol. The number of ether oxygens (including phenoxy) is 1. The first-order valence-electron chi connectivity index (χ1n) is 9.38.